The van der Waals surface area contributed by atoms with E-state index in [0.29, 0.717) is 0 Å². The van der Waals surface area contributed by atoms with Gasteiger partial charge in [0.25, 0.3) is 0 Å². The van der Waals surface area contributed by atoms with Crippen molar-refractivity contribution in [1.29, 1.82) is 0 Å². The molecule has 0 spiro atoms. The van der Waals surface area contributed by atoms with Crippen LogP contribution in [0.5, 0.6) is 0 Å². The van der Waals surface area contributed by atoms with Crippen LogP contribution in [-0.2, 0) is 14.3 Å². The third-order valence-electron chi connectivity index (χ3n) is 3.02. The lowest BCUT2D eigenvalue weighted by atomic mass is 9.86. The number of nitrogens with one attached hydrogen (secondary N) is 2. The van der Waals surface area contributed by atoms with Crippen molar-refractivity contribution in [2.45, 2.75) is 73.1 Å². The molecule has 3 N–H and O–H groups in total. The average Bonchev–Trinajstić information content (AvgIpc) is 2.28. The molecule has 7 heteroatoms. The molecule has 0 saturated heterocycles. The minimum Gasteiger partial charge on any atom is -0.480 e. The summed E-state index contributed by atoms with van der Waals surface area (Å²) in [4.78, 5) is 35.6. The smallest absolute Gasteiger partial charge is 0.408 e. The van der Waals surface area contributed by atoms with Crippen LogP contribution in [0.1, 0.15) is 55.4 Å². The van der Waals surface area contributed by atoms with Gasteiger partial charge in [-0.2, -0.15) is 0 Å². The van der Waals surface area contributed by atoms with Crippen LogP contribution in [0, 0.1) is 11.3 Å². The fourth-order valence-corrected chi connectivity index (χ4v) is 1.85. The van der Waals surface area contributed by atoms with Gasteiger partial charge in [0, 0.05) is 0 Å². The van der Waals surface area contributed by atoms with Crippen molar-refractivity contribution in [2.75, 3.05) is 0 Å². The van der Waals surface area contributed by atoms with Gasteiger partial charge >= 0.3 is 12.1 Å². The molecular weight excluding hydrogens is 300 g/mol. The lowest BCUT2D eigenvalue weighted by molar-refractivity contribution is -0.143. The van der Waals surface area contributed by atoms with E-state index in [9.17, 15) is 19.5 Å². The second-order valence-electron chi connectivity index (χ2n) is 8.01. The van der Waals surface area contributed by atoms with E-state index in [1.165, 1.54) is 0 Å². The minimum absolute atomic E-state index is 0.279. The van der Waals surface area contributed by atoms with Crippen LogP contribution < -0.4 is 10.6 Å². The molecule has 2 amide bonds. The number of alkyl carbamates (subject to hydrolysis) is 1. The van der Waals surface area contributed by atoms with Gasteiger partial charge in [-0.3, -0.25) is 4.79 Å². The number of hydrogen-bond donors (Lipinski definition) is 3. The monoisotopic (exact) mass is 330 g/mol. The highest BCUT2D eigenvalue weighted by atomic mass is 16.6. The second-order valence-corrected chi connectivity index (χ2v) is 8.01. The summed E-state index contributed by atoms with van der Waals surface area (Å²) in [5.74, 6) is -1.94. The van der Waals surface area contributed by atoms with Crippen molar-refractivity contribution in [3.8, 4) is 0 Å². The summed E-state index contributed by atoms with van der Waals surface area (Å²) in [6.07, 6.45) is -0.719. The number of aliphatic carboxylic acids is 1. The Morgan fingerprint density at radius 2 is 1.43 bits per heavy atom. The first-order valence-corrected chi connectivity index (χ1v) is 7.68. The second kappa shape index (κ2) is 7.66. The Kier molecular flexibility index (Phi) is 7.06. The number of hydrogen-bond acceptors (Lipinski definition) is 4. The summed E-state index contributed by atoms with van der Waals surface area (Å²) in [5, 5.41) is 14.2. The Morgan fingerprint density at radius 3 is 1.74 bits per heavy atom. The van der Waals surface area contributed by atoms with Crippen LogP contribution in [0.25, 0.3) is 0 Å². The summed E-state index contributed by atoms with van der Waals surface area (Å²) in [7, 11) is 0. The van der Waals surface area contributed by atoms with Gasteiger partial charge in [-0.25, -0.2) is 9.59 Å². The van der Waals surface area contributed by atoms with E-state index < -0.39 is 41.1 Å². The highest BCUT2D eigenvalue weighted by molar-refractivity contribution is 5.90. The van der Waals surface area contributed by atoms with Crippen molar-refractivity contribution >= 4 is 18.0 Å². The number of carbonyl (C=O) groups excluding carboxylic acids is 2. The molecular formula is C16H30N2O5. The summed E-state index contributed by atoms with van der Waals surface area (Å²) in [6, 6.07) is -1.94. The van der Waals surface area contributed by atoms with Crippen LogP contribution in [0.4, 0.5) is 4.79 Å². The zero-order valence-corrected chi connectivity index (χ0v) is 15.3. The van der Waals surface area contributed by atoms with Gasteiger partial charge in [0.1, 0.15) is 17.7 Å². The van der Waals surface area contributed by atoms with Gasteiger partial charge in [0.05, 0.1) is 0 Å². The third kappa shape index (κ3) is 7.85. The van der Waals surface area contributed by atoms with E-state index in [4.69, 9.17) is 4.74 Å². The molecule has 0 heterocycles. The fourth-order valence-electron chi connectivity index (χ4n) is 1.85. The maximum absolute atomic E-state index is 12.5. The van der Waals surface area contributed by atoms with Crippen molar-refractivity contribution in [3.05, 3.63) is 0 Å². The minimum atomic E-state index is -1.11. The summed E-state index contributed by atoms with van der Waals surface area (Å²) in [5.41, 5.74) is -1.30. The first-order chi connectivity index (χ1) is 10.1. The Hall–Kier alpha value is -1.79. The molecule has 23 heavy (non-hydrogen) atoms. The van der Waals surface area contributed by atoms with Crippen LogP contribution in [0.3, 0.4) is 0 Å². The number of ether oxygens (including phenoxy) is 1. The first kappa shape index (κ1) is 21.2. The zero-order chi connectivity index (χ0) is 18.6. The van der Waals surface area contributed by atoms with E-state index in [2.05, 4.69) is 10.6 Å². The molecule has 0 aliphatic rings. The molecule has 2 atom stereocenters. The van der Waals surface area contributed by atoms with Gasteiger partial charge in [0.2, 0.25) is 5.91 Å². The number of carbonyl (C=O) groups is 3. The molecule has 0 rings (SSSR count). The van der Waals surface area contributed by atoms with Gasteiger partial charge in [-0.05, 0) is 32.1 Å². The molecule has 134 valence electrons. The van der Waals surface area contributed by atoms with E-state index in [-0.39, 0.29) is 5.92 Å². The summed E-state index contributed by atoms with van der Waals surface area (Å²) in [6.45, 7) is 13.9. The van der Waals surface area contributed by atoms with Crippen molar-refractivity contribution < 1.29 is 24.2 Å². The highest BCUT2D eigenvalue weighted by Crippen LogP contribution is 2.21. The SMILES string of the molecule is CC(C)[C@H](NC(=O)[C@@H](NC(=O)OC(C)(C)C)C(C)(C)C)C(=O)O. The van der Waals surface area contributed by atoms with Crippen LogP contribution in [-0.4, -0.2) is 40.8 Å². The average molecular weight is 330 g/mol. The molecule has 0 bridgehead atoms. The lowest BCUT2D eigenvalue weighted by Crippen LogP contribution is -2.58. The van der Waals surface area contributed by atoms with Crippen LogP contribution in [0.2, 0.25) is 0 Å². The van der Waals surface area contributed by atoms with Gasteiger partial charge < -0.3 is 20.5 Å². The molecule has 0 fully saturated rings. The van der Waals surface area contributed by atoms with Crippen molar-refractivity contribution in [1.82, 2.24) is 10.6 Å². The molecule has 0 aromatic rings. The van der Waals surface area contributed by atoms with E-state index in [0.717, 1.165) is 0 Å². The molecule has 0 radical (unpaired) electrons. The Labute approximate surface area is 138 Å². The predicted molar refractivity (Wildman–Crippen MR) is 87.0 cm³/mol. The fraction of sp³-hybridized carbons (Fsp3) is 0.812. The third-order valence-corrected chi connectivity index (χ3v) is 3.02. The van der Waals surface area contributed by atoms with Crippen molar-refractivity contribution in [3.63, 3.8) is 0 Å². The number of amides is 2. The maximum Gasteiger partial charge on any atom is 0.408 e. The number of carboxylic acids is 1. The van der Waals surface area contributed by atoms with E-state index in [1.807, 2.05) is 0 Å². The van der Waals surface area contributed by atoms with Crippen LogP contribution in [0.15, 0.2) is 0 Å². The quantitative estimate of drug-likeness (QED) is 0.716. The summed E-state index contributed by atoms with van der Waals surface area (Å²) < 4.78 is 5.17. The molecule has 0 aromatic carbocycles. The molecule has 0 aliphatic heterocycles. The number of rotatable bonds is 5. The first-order valence-electron chi connectivity index (χ1n) is 7.68. The van der Waals surface area contributed by atoms with Crippen LogP contribution >= 0.6 is 0 Å². The van der Waals surface area contributed by atoms with Crippen molar-refractivity contribution in [2.24, 2.45) is 11.3 Å². The Morgan fingerprint density at radius 1 is 0.957 bits per heavy atom. The van der Waals surface area contributed by atoms with Gasteiger partial charge in [-0.1, -0.05) is 34.6 Å². The molecule has 0 aromatic heterocycles. The predicted octanol–water partition coefficient (Wildman–Crippen LogP) is 2.15. The van der Waals surface area contributed by atoms with E-state index in [1.54, 1.807) is 55.4 Å². The molecule has 7 nitrogen and oxygen atoms in total. The molecule has 0 saturated carbocycles. The lowest BCUT2D eigenvalue weighted by Gasteiger charge is -2.32. The Bertz CT molecular complexity index is 446. The van der Waals surface area contributed by atoms with Gasteiger partial charge in [-0.15, -0.1) is 0 Å². The van der Waals surface area contributed by atoms with Gasteiger partial charge in [0.15, 0.2) is 0 Å². The number of carboxylic acid groups (broad SMARTS) is 1. The standard InChI is InChI=1S/C16H30N2O5/c1-9(2)10(13(20)21)17-12(19)11(15(3,4)5)18-14(22)23-16(6,7)8/h9-11H,1-8H3,(H,17,19)(H,18,22)(H,20,21)/t10-,11+/m0/s1. The molecule has 0 aliphatic carbocycles. The topological polar surface area (TPSA) is 105 Å². The summed E-state index contributed by atoms with van der Waals surface area (Å²) >= 11 is 0. The Balaban J connectivity index is 5.16. The molecule has 0 unspecified atom stereocenters. The zero-order valence-electron chi connectivity index (χ0n) is 15.3. The maximum atomic E-state index is 12.5. The largest absolute Gasteiger partial charge is 0.480 e. The highest BCUT2D eigenvalue weighted by Gasteiger charge is 2.36. The normalized spacial score (nSPS) is 14.8. The van der Waals surface area contributed by atoms with E-state index >= 15 is 0 Å².